The Bertz CT molecular complexity index is 980. The molecule has 0 unspecified atom stereocenters. The summed E-state index contributed by atoms with van der Waals surface area (Å²) in [4.78, 5) is 1.49. The molecule has 3 N–H and O–H groups in total. The molecule has 3 aromatic rings. The summed E-state index contributed by atoms with van der Waals surface area (Å²) in [5.41, 5.74) is 7.81. The van der Waals surface area contributed by atoms with Gasteiger partial charge in [-0.1, -0.05) is 13.0 Å². The van der Waals surface area contributed by atoms with E-state index in [9.17, 15) is 13.5 Å². The van der Waals surface area contributed by atoms with Crippen LogP contribution in [0.15, 0.2) is 41.3 Å². The third-order valence-electron chi connectivity index (χ3n) is 3.58. The van der Waals surface area contributed by atoms with E-state index in [1.54, 1.807) is 25.1 Å². The third-order valence-corrected chi connectivity index (χ3v) is 5.31. The molecule has 0 aliphatic heterocycles. The molecule has 0 atom stereocenters. The van der Waals surface area contributed by atoms with Gasteiger partial charge in [0.15, 0.2) is 9.84 Å². The molecule has 2 aromatic carbocycles. The van der Waals surface area contributed by atoms with Crippen molar-refractivity contribution in [3.05, 3.63) is 42.0 Å². The number of fused-ring (bicyclic) bond motifs is 1. The number of nitrogens with zero attached hydrogens (tertiary/aromatic N) is 3. The highest BCUT2D eigenvalue weighted by Crippen LogP contribution is 2.24. The zero-order valence-corrected chi connectivity index (χ0v) is 13.3. The molecule has 0 saturated heterocycles. The van der Waals surface area contributed by atoms with Crippen molar-refractivity contribution in [3.8, 4) is 11.4 Å². The van der Waals surface area contributed by atoms with Crippen LogP contribution in [0.25, 0.3) is 16.7 Å². The van der Waals surface area contributed by atoms with Gasteiger partial charge >= 0.3 is 0 Å². The molecule has 1 heterocycles. The molecule has 0 amide bonds. The van der Waals surface area contributed by atoms with E-state index < -0.39 is 9.84 Å². The van der Waals surface area contributed by atoms with E-state index in [1.165, 1.54) is 23.0 Å². The molecule has 0 radical (unpaired) electrons. The Hall–Kier alpha value is -2.45. The number of phenols is 1. The number of phenolic OH excluding ortho intramolecular Hbond substituents is 1. The minimum absolute atomic E-state index is 0.0175. The molecule has 3 rings (SSSR count). The van der Waals surface area contributed by atoms with Crippen LogP contribution >= 0.6 is 0 Å². The van der Waals surface area contributed by atoms with Gasteiger partial charge < -0.3 is 10.8 Å². The fraction of sp³-hybridized carbons (Fsp3) is 0.200. The number of rotatable bonds is 4. The van der Waals surface area contributed by atoms with Crippen molar-refractivity contribution in [1.29, 1.82) is 0 Å². The maximum Gasteiger partial charge on any atom is 0.178 e. The van der Waals surface area contributed by atoms with E-state index in [1.807, 2.05) is 0 Å². The maximum atomic E-state index is 12.0. The van der Waals surface area contributed by atoms with Crippen LogP contribution in [0.5, 0.6) is 5.75 Å². The molecule has 8 heteroatoms. The molecule has 0 aliphatic rings. The van der Waals surface area contributed by atoms with Crippen LogP contribution in [0.2, 0.25) is 0 Å². The Morgan fingerprint density at radius 2 is 1.87 bits per heavy atom. The number of sulfone groups is 1. The molecule has 1 aromatic heterocycles. The van der Waals surface area contributed by atoms with Crippen LogP contribution in [-0.4, -0.2) is 34.3 Å². The molecule has 120 valence electrons. The van der Waals surface area contributed by atoms with E-state index in [-0.39, 0.29) is 16.4 Å². The summed E-state index contributed by atoms with van der Waals surface area (Å²) in [5.74, 6) is 0.0373. The highest BCUT2D eigenvalue weighted by atomic mass is 32.2. The molecule has 23 heavy (non-hydrogen) atoms. The predicted molar refractivity (Wildman–Crippen MR) is 86.1 cm³/mol. The van der Waals surface area contributed by atoms with Crippen LogP contribution in [0.1, 0.15) is 12.5 Å². The molecule has 0 saturated carbocycles. The average Bonchev–Trinajstić information content (AvgIpc) is 2.98. The highest BCUT2D eigenvalue weighted by molar-refractivity contribution is 7.91. The predicted octanol–water partition coefficient (Wildman–Crippen LogP) is 1.38. The van der Waals surface area contributed by atoms with Crippen molar-refractivity contribution >= 4 is 20.9 Å². The molecule has 0 aliphatic carbocycles. The van der Waals surface area contributed by atoms with Crippen molar-refractivity contribution in [3.63, 3.8) is 0 Å². The Morgan fingerprint density at radius 1 is 1.13 bits per heavy atom. The van der Waals surface area contributed by atoms with Crippen LogP contribution in [-0.2, 0) is 16.4 Å². The smallest absolute Gasteiger partial charge is 0.178 e. The lowest BCUT2D eigenvalue weighted by molar-refractivity contribution is 0.467. The second kappa shape index (κ2) is 5.64. The number of aromatic hydroxyl groups is 1. The highest BCUT2D eigenvalue weighted by Gasteiger charge is 2.15. The lowest BCUT2D eigenvalue weighted by atomic mass is 10.2. The van der Waals surface area contributed by atoms with Crippen LogP contribution in [0.3, 0.4) is 0 Å². The first-order valence-electron chi connectivity index (χ1n) is 7.07. The van der Waals surface area contributed by atoms with E-state index >= 15 is 0 Å². The summed E-state index contributed by atoms with van der Waals surface area (Å²) < 4.78 is 23.9. The van der Waals surface area contributed by atoms with E-state index in [2.05, 4.69) is 10.2 Å². The molecular weight excluding hydrogens is 316 g/mol. The Morgan fingerprint density at radius 3 is 2.57 bits per heavy atom. The zero-order chi connectivity index (χ0) is 16.6. The third kappa shape index (κ3) is 2.78. The lowest BCUT2D eigenvalue weighted by Crippen LogP contribution is -2.03. The SMILES string of the molecule is CCS(=O)(=O)c1ccc2nn(-c3cc(CN)ccc3O)nc2c1. The number of benzene rings is 2. The average molecular weight is 332 g/mol. The van der Waals surface area contributed by atoms with Gasteiger partial charge in [0.1, 0.15) is 22.5 Å². The van der Waals surface area contributed by atoms with Gasteiger partial charge in [-0.15, -0.1) is 15.0 Å². The van der Waals surface area contributed by atoms with Gasteiger partial charge in [-0.2, -0.15) is 0 Å². The number of nitrogens with two attached hydrogens (primary N) is 1. The van der Waals surface area contributed by atoms with E-state index in [4.69, 9.17) is 5.73 Å². The Labute approximate surface area is 133 Å². The summed E-state index contributed by atoms with van der Waals surface area (Å²) in [5, 5.41) is 18.5. The van der Waals surface area contributed by atoms with Gasteiger partial charge in [-0.05, 0) is 35.9 Å². The lowest BCUT2D eigenvalue weighted by Gasteiger charge is -2.04. The summed E-state index contributed by atoms with van der Waals surface area (Å²) in [6.45, 7) is 1.92. The second-order valence-electron chi connectivity index (χ2n) is 5.07. The number of aromatic nitrogens is 3. The first-order chi connectivity index (χ1) is 10.9. The van der Waals surface area contributed by atoms with E-state index in [0.29, 0.717) is 23.3 Å². The standard InChI is InChI=1S/C15H16N4O3S/c1-2-23(21,22)11-4-5-12-13(8-11)18-19(17-12)14-7-10(9-16)3-6-15(14)20/h3-8,20H,2,9,16H2,1H3. The summed E-state index contributed by atoms with van der Waals surface area (Å²) in [7, 11) is -3.31. The largest absolute Gasteiger partial charge is 0.506 e. The zero-order valence-electron chi connectivity index (χ0n) is 12.5. The van der Waals surface area contributed by atoms with Crippen molar-refractivity contribution < 1.29 is 13.5 Å². The summed E-state index contributed by atoms with van der Waals surface area (Å²) in [6, 6.07) is 9.54. The van der Waals surface area contributed by atoms with Crippen molar-refractivity contribution in [2.24, 2.45) is 5.73 Å². The van der Waals surface area contributed by atoms with Gasteiger partial charge in [0.05, 0.1) is 10.6 Å². The number of hydrogen-bond acceptors (Lipinski definition) is 6. The fourth-order valence-corrected chi connectivity index (χ4v) is 3.12. The first-order valence-corrected chi connectivity index (χ1v) is 8.72. The topological polar surface area (TPSA) is 111 Å². The normalized spacial score (nSPS) is 11.9. The second-order valence-corrected chi connectivity index (χ2v) is 7.35. The van der Waals surface area contributed by atoms with Crippen molar-refractivity contribution in [1.82, 2.24) is 15.0 Å². The molecule has 0 fully saturated rings. The van der Waals surface area contributed by atoms with Crippen LogP contribution in [0, 0.1) is 0 Å². The van der Waals surface area contributed by atoms with Gasteiger partial charge in [0, 0.05) is 6.54 Å². The molecule has 7 nitrogen and oxygen atoms in total. The van der Waals surface area contributed by atoms with Gasteiger partial charge in [-0.25, -0.2) is 8.42 Å². The quantitative estimate of drug-likeness (QED) is 0.746. The van der Waals surface area contributed by atoms with Gasteiger partial charge in [-0.3, -0.25) is 0 Å². The summed E-state index contributed by atoms with van der Waals surface area (Å²) >= 11 is 0. The molecule has 0 bridgehead atoms. The fourth-order valence-electron chi connectivity index (χ4n) is 2.22. The minimum Gasteiger partial charge on any atom is -0.506 e. The maximum absolute atomic E-state index is 12.0. The first kappa shape index (κ1) is 15.4. The van der Waals surface area contributed by atoms with E-state index in [0.717, 1.165) is 5.56 Å². The number of hydrogen-bond donors (Lipinski definition) is 2. The van der Waals surface area contributed by atoms with Crippen molar-refractivity contribution in [2.75, 3.05) is 5.75 Å². The van der Waals surface area contributed by atoms with Crippen LogP contribution in [0.4, 0.5) is 0 Å². The molecular formula is C15H16N4O3S. The van der Waals surface area contributed by atoms with Gasteiger partial charge in [0.25, 0.3) is 0 Å². The Kier molecular flexibility index (Phi) is 3.78. The minimum atomic E-state index is -3.31. The van der Waals surface area contributed by atoms with Gasteiger partial charge in [0.2, 0.25) is 0 Å². The van der Waals surface area contributed by atoms with Crippen molar-refractivity contribution in [2.45, 2.75) is 18.4 Å². The molecule has 0 spiro atoms. The van der Waals surface area contributed by atoms with Crippen LogP contribution < -0.4 is 5.73 Å². The Balaban J connectivity index is 2.14. The summed E-state index contributed by atoms with van der Waals surface area (Å²) in [6.07, 6.45) is 0. The monoisotopic (exact) mass is 332 g/mol.